The molecule has 11 heteroatoms. The first-order valence-electron chi connectivity index (χ1n) is 13.5. The Kier molecular flexibility index (Phi) is 11.6. The lowest BCUT2D eigenvalue weighted by Gasteiger charge is -2.26. The normalized spacial score (nSPS) is 14.5. The van der Waals surface area contributed by atoms with Gasteiger partial charge >= 0.3 is 5.97 Å². The van der Waals surface area contributed by atoms with Crippen LogP contribution in [0, 0.1) is 0 Å². The lowest BCUT2D eigenvalue weighted by atomic mass is 10.0. The van der Waals surface area contributed by atoms with E-state index in [1.807, 2.05) is 0 Å². The van der Waals surface area contributed by atoms with E-state index in [9.17, 15) is 34.5 Å². The summed E-state index contributed by atoms with van der Waals surface area (Å²) in [6.45, 7) is 1.35. The molecule has 0 fully saturated rings. The standard InChI is InChI=1S/C31H36N4O7/c1-19(36)27(32)30(40)34-25(16-20-8-4-2-5-9-20)28(38)33-24(17-22-12-14-23(37)15-13-22)29(39)35-26(31(41)42)18-21-10-6-3-7-11-21/h2-15,19,24-27,36-37H,16-18,32H2,1H3,(H,33,38)(H,34,40)(H,35,39)(H,41,42). The summed E-state index contributed by atoms with van der Waals surface area (Å²) in [6, 6.07) is 18.7. The summed E-state index contributed by atoms with van der Waals surface area (Å²) in [7, 11) is 0. The predicted molar refractivity (Wildman–Crippen MR) is 155 cm³/mol. The Morgan fingerprint density at radius 3 is 1.45 bits per heavy atom. The molecule has 3 aromatic carbocycles. The number of carboxylic acid groups (broad SMARTS) is 1. The molecule has 0 radical (unpaired) electrons. The average molecular weight is 577 g/mol. The molecule has 0 bridgehead atoms. The van der Waals surface area contributed by atoms with Gasteiger partial charge in [-0.25, -0.2) is 4.79 Å². The third-order valence-electron chi connectivity index (χ3n) is 6.64. The first-order chi connectivity index (χ1) is 20.0. The van der Waals surface area contributed by atoms with Gasteiger partial charge in [0.1, 0.15) is 29.9 Å². The molecule has 0 aliphatic carbocycles. The Balaban J connectivity index is 1.86. The van der Waals surface area contributed by atoms with Crippen molar-refractivity contribution < 1.29 is 34.5 Å². The third kappa shape index (κ3) is 9.72. The van der Waals surface area contributed by atoms with Crippen LogP contribution in [0.15, 0.2) is 84.9 Å². The van der Waals surface area contributed by atoms with Crippen molar-refractivity contribution in [1.29, 1.82) is 0 Å². The fourth-order valence-corrected chi connectivity index (χ4v) is 4.22. The zero-order valence-electron chi connectivity index (χ0n) is 23.1. The zero-order chi connectivity index (χ0) is 30.6. The Bertz CT molecular complexity index is 1330. The van der Waals surface area contributed by atoms with Gasteiger partial charge in [0.15, 0.2) is 0 Å². The zero-order valence-corrected chi connectivity index (χ0v) is 23.1. The highest BCUT2D eigenvalue weighted by Crippen LogP contribution is 2.13. The Hall–Kier alpha value is -4.74. The lowest BCUT2D eigenvalue weighted by Crippen LogP contribution is -2.59. The SMILES string of the molecule is CC(O)C(N)C(=O)NC(Cc1ccccc1)C(=O)NC(Cc1ccc(O)cc1)C(=O)NC(Cc1ccccc1)C(=O)O. The van der Waals surface area contributed by atoms with E-state index in [0.717, 1.165) is 5.56 Å². The monoisotopic (exact) mass is 576 g/mol. The number of carboxylic acids is 1. The Morgan fingerprint density at radius 1 is 0.643 bits per heavy atom. The number of carbonyl (C=O) groups excluding carboxylic acids is 3. The maximum atomic E-state index is 13.6. The van der Waals surface area contributed by atoms with Crippen LogP contribution in [-0.4, -0.2) is 69.3 Å². The number of carbonyl (C=O) groups is 4. The Morgan fingerprint density at radius 2 is 1.02 bits per heavy atom. The van der Waals surface area contributed by atoms with Gasteiger partial charge in [-0.05, 0) is 35.7 Å². The molecule has 0 aromatic heterocycles. The van der Waals surface area contributed by atoms with E-state index >= 15 is 0 Å². The van der Waals surface area contributed by atoms with E-state index in [1.165, 1.54) is 19.1 Å². The van der Waals surface area contributed by atoms with E-state index in [-0.39, 0.29) is 25.0 Å². The maximum Gasteiger partial charge on any atom is 0.326 e. The predicted octanol–water partition coefficient (Wildman–Crippen LogP) is 0.667. The lowest BCUT2D eigenvalue weighted by molar-refractivity contribution is -0.142. The van der Waals surface area contributed by atoms with Crippen molar-refractivity contribution in [2.75, 3.05) is 0 Å². The minimum atomic E-state index is -1.29. The van der Waals surface area contributed by atoms with Gasteiger partial charge in [-0.15, -0.1) is 0 Å². The Labute approximate surface area is 243 Å². The highest BCUT2D eigenvalue weighted by molar-refractivity contribution is 5.94. The molecular formula is C31H36N4O7. The summed E-state index contributed by atoms with van der Waals surface area (Å²) in [4.78, 5) is 51.8. The molecule has 0 aliphatic rings. The second kappa shape index (κ2) is 15.3. The third-order valence-corrected chi connectivity index (χ3v) is 6.64. The van der Waals surface area contributed by atoms with Crippen LogP contribution >= 0.6 is 0 Å². The number of amides is 3. The molecule has 8 N–H and O–H groups in total. The van der Waals surface area contributed by atoms with Crippen LogP contribution in [0.5, 0.6) is 5.75 Å². The number of nitrogens with one attached hydrogen (secondary N) is 3. The summed E-state index contributed by atoms with van der Waals surface area (Å²) in [5.74, 6) is -3.44. The summed E-state index contributed by atoms with van der Waals surface area (Å²) < 4.78 is 0. The van der Waals surface area contributed by atoms with Crippen molar-refractivity contribution in [1.82, 2.24) is 16.0 Å². The van der Waals surface area contributed by atoms with E-state index in [2.05, 4.69) is 16.0 Å². The van der Waals surface area contributed by atoms with Crippen LogP contribution in [0.2, 0.25) is 0 Å². The number of aromatic hydroxyl groups is 1. The average Bonchev–Trinajstić information content (AvgIpc) is 2.97. The second-order valence-electron chi connectivity index (χ2n) is 10.0. The van der Waals surface area contributed by atoms with E-state index in [4.69, 9.17) is 5.73 Å². The fourth-order valence-electron chi connectivity index (χ4n) is 4.22. The number of nitrogens with two attached hydrogens (primary N) is 1. The van der Waals surface area contributed by atoms with Gasteiger partial charge in [0.05, 0.1) is 6.10 Å². The van der Waals surface area contributed by atoms with Crippen LogP contribution in [0.25, 0.3) is 0 Å². The van der Waals surface area contributed by atoms with E-state index in [1.54, 1.807) is 72.8 Å². The fraction of sp³-hybridized carbons (Fsp3) is 0.290. The van der Waals surface area contributed by atoms with Gasteiger partial charge in [-0.1, -0.05) is 72.8 Å². The highest BCUT2D eigenvalue weighted by atomic mass is 16.4. The van der Waals surface area contributed by atoms with Gasteiger partial charge < -0.3 is 37.0 Å². The number of hydrogen-bond donors (Lipinski definition) is 7. The van der Waals surface area contributed by atoms with Crippen LogP contribution in [-0.2, 0) is 38.4 Å². The minimum absolute atomic E-state index is 0.0117. The van der Waals surface area contributed by atoms with Gasteiger partial charge in [-0.3, -0.25) is 14.4 Å². The molecule has 222 valence electrons. The van der Waals surface area contributed by atoms with Gasteiger partial charge in [0, 0.05) is 19.3 Å². The molecule has 5 atom stereocenters. The van der Waals surface area contributed by atoms with Crippen LogP contribution in [0.4, 0.5) is 0 Å². The number of phenols is 1. The molecule has 0 saturated carbocycles. The topological polar surface area (TPSA) is 191 Å². The van der Waals surface area contributed by atoms with Crippen LogP contribution in [0.3, 0.4) is 0 Å². The van der Waals surface area contributed by atoms with Gasteiger partial charge in [0.2, 0.25) is 17.7 Å². The van der Waals surface area contributed by atoms with Crippen molar-refractivity contribution in [3.05, 3.63) is 102 Å². The van der Waals surface area contributed by atoms with Gasteiger partial charge in [-0.2, -0.15) is 0 Å². The second-order valence-corrected chi connectivity index (χ2v) is 10.0. The van der Waals surface area contributed by atoms with Gasteiger partial charge in [0.25, 0.3) is 0 Å². The number of phenolic OH excluding ortho intramolecular Hbond substituents is 1. The summed E-state index contributed by atoms with van der Waals surface area (Å²) in [5.41, 5.74) is 7.78. The molecule has 5 unspecified atom stereocenters. The quantitative estimate of drug-likeness (QED) is 0.146. The molecule has 3 amide bonds. The molecule has 3 aromatic rings. The number of aliphatic hydroxyl groups excluding tert-OH is 1. The molecule has 11 nitrogen and oxygen atoms in total. The first-order valence-corrected chi connectivity index (χ1v) is 13.5. The molecule has 0 aliphatic heterocycles. The highest BCUT2D eigenvalue weighted by Gasteiger charge is 2.31. The molecule has 3 rings (SSSR count). The van der Waals surface area contributed by atoms with Crippen LogP contribution < -0.4 is 21.7 Å². The first kappa shape index (κ1) is 31.8. The molecule has 0 heterocycles. The van der Waals surface area contributed by atoms with Crippen molar-refractivity contribution in [2.24, 2.45) is 5.73 Å². The number of aliphatic hydroxyl groups is 1. The van der Waals surface area contributed by atoms with Crippen molar-refractivity contribution in [2.45, 2.75) is 56.5 Å². The summed E-state index contributed by atoms with van der Waals surface area (Å²) in [5, 5.41) is 37.0. The molecule has 0 spiro atoms. The number of benzene rings is 3. The van der Waals surface area contributed by atoms with Crippen molar-refractivity contribution in [3.8, 4) is 5.75 Å². The molecular weight excluding hydrogens is 540 g/mol. The minimum Gasteiger partial charge on any atom is -0.508 e. The van der Waals surface area contributed by atoms with Crippen molar-refractivity contribution in [3.63, 3.8) is 0 Å². The number of rotatable bonds is 14. The number of aliphatic carboxylic acids is 1. The van der Waals surface area contributed by atoms with Crippen molar-refractivity contribution >= 4 is 23.7 Å². The van der Waals surface area contributed by atoms with E-state index < -0.39 is 54.0 Å². The largest absolute Gasteiger partial charge is 0.508 e. The van der Waals surface area contributed by atoms with Crippen LogP contribution in [0.1, 0.15) is 23.6 Å². The summed E-state index contributed by atoms with van der Waals surface area (Å²) in [6.07, 6.45) is -1.12. The smallest absolute Gasteiger partial charge is 0.326 e. The molecule has 0 saturated heterocycles. The molecule has 42 heavy (non-hydrogen) atoms. The summed E-state index contributed by atoms with van der Waals surface area (Å²) >= 11 is 0. The van der Waals surface area contributed by atoms with E-state index in [0.29, 0.717) is 11.1 Å². The number of hydrogen-bond acceptors (Lipinski definition) is 7. The maximum absolute atomic E-state index is 13.6.